The van der Waals surface area contributed by atoms with Gasteiger partial charge in [-0.15, -0.1) is 0 Å². The minimum atomic E-state index is -0.380. The van der Waals surface area contributed by atoms with E-state index in [9.17, 15) is 15.0 Å². The smallest absolute Gasteiger partial charge is 0.312 e. The van der Waals surface area contributed by atoms with Gasteiger partial charge in [0.1, 0.15) is 6.61 Å². The molecule has 0 spiro atoms. The monoisotopic (exact) mass is 239 g/mol. The lowest BCUT2D eigenvalue weighted by atomic mass is 9.97. The largest absolute Gasteiger partial charge is 0.460 e. The van der Waals surface area contributed by atoms with Crippen LogP contribution in [0.2, 0.25) is 0 Å². The number of aliphatic hydroxyl groups is 3. The molecule has 0 aromatic carbocycles. The molecule has 0 bridgehead atoms. The predicted molar refractivity (Wildman–Crippen MR) is 55.5 cm³/mol. The number of hydrogen-bond donors (Lipinski definition) is 3. The van der Waals surface area contributed by atoms with E-state index in [4.69, 9.17) is 9.84 Å². The minimum Gasteiger partial charge on any atom is -0.460 e. The molecular formula is C11H13NO5. The van der Waals surface area contributed by atoms with Gasteiger partial charge in [-0.2, -0.15) is 0 Å². The first-order valence-electron chi connectivity index (χ1n) is 5.21. The maximum absolute atomic E-state index is 11.1. The fourth-order valence-electron chi connectivity index (χ4n) is 1.99. The number of ether oxygens (including phenoxy) is 1. The predicted octanol–water partition coefficient (Wildman–Crippen LogP) is -0.842. The van der Waals surface area contributed by atoms with Crippen molar-refractivity contribution in [2.45, 2.75) is 32.8 Å². The number of nitrogens with zero attached hydrogens (tertiary/aromatic N) is 1. The Morgan fingerprint density at radius 3 is 2.41 bits per heavy atom. The number of esters is 1. The number of hydrogen-bond acceptors (Lipinski definition) is 6. The van der Waals surface area contributed by atoms with Gasteiger partial charge in [0.25, 0.3) is 0 Å². The molecule has 1 aliphatic rings. The van der Waals surface area contributed by atoms with Crippen LogP contribution in [0.3, 0.4) is 0 Å². The lowest BCUT2D eigenvalue weighted by Gasteiger charge is -2.21. The van der Waals surface area contributed by atoms with Gasteiger partial charge in [0.2, 0.25) is 0 Å². The first-order chi connectivity index (χ1) is 8.21. The zero-order chi connectivity index (χ0) is 12.4. The Kier molecular flexibility index (Phi) is 3.37. The second-order valence-corrected chi connectivity index (χ2v) is 3.75. The van der Waals surface area contributed by atoms with Gasteiger partial charge < -0.3 is 20.1 Å². The fraction of sp³-hybridized carbons (Fsp3) is 0.455. The Morgan fingerprint density at radius 1 is 1.12 bits per heavy atom. The van der Waals surface area contributed by atoms with E-state index in [-0.39, 0.29) is 38.8 Å². The molecule has 0 aliphatic carbocycles. The highest BCUT2D eigenvalue weighted by Crippen LogP contribution is 2.25. The van der Waals surface area contributed by atoms with Gasteiger partial charge in [-0.25, -0.2) is 0 Å². The number of aromatic nitrogens is 1. The van der Waals surface area contributed by atoms with Gasteiger partial charge in [0.05, 0.1) is 37.6 Å². The van der Waals surface area contributed by atoms with Gasteiger partial charge in [-0.1, -0.05) is 0 Å². The third-order valence-corrected chi connectivity index (χ3v) is 2.85. The summed E-state index contributed by atoms with van der Waals surface area (Å²) in [6, 6.07) is 0. The van der Waals surface area contributed by atoms with Crippen molar-refractivity contribution in [2.75, 3.05) is 0 Å². The van der Waals surface area contributed by atoms with Crippen LogP contribution in [0.1, 0.15) is 28.1 Å². The number of aliphatic hydroxyl groups excluding tert-OH is 3. The number of rotatable bonds is 3. The highest BCUT2D eigenvalue weighted by atomic mass is 16.5. The Labute approximate surface area is 97.5 Å². The molecule has 17 heavy (non-hydrogen) atoms. The van der Waals surface area contributed by atoms with Crippen molar-refractivity contribution in [1.29, 1.82) is 0 Å². The van der Waals surface area contributed by atoms with Crippen LogP contribution < -0.4 is 0 Å². The number of carbonyl (C=O) groups excluding carboxylic acids is 1. The summed E-state index contributed by atoms with van der Waals surface area (Å²) in [5, 5.41) is 27.7. The molecule has 6 nitrogen and oxygen atoms in total. The zero-order valence-corrected chi connectivity index (χ0v) is 9.14. The van der Waals surface area contributed by atoms with E-state index in [1.54, 1.807) is 0 Å². The van der Waals surface area contributed by atoms with Gasteiger partial charge in [-0.3, -0.25) is 9.78 Å². The average Bonchev–Trinajstić information content (AvgIpc) is 2.35. The number of pyridine rings is 1. The van der Waals surface area contributed by atoms with E-state index in [2.05, 4.69) is 4.98 Å². The first-order valence-corrected chi connectivity index (χ1v) is 5.21. The SMILES string of the molecule is O=C1Cc2nc(CO)c(CO)c(CO)c2CO1. The van der Waals surface area contributed by atoms with Crippen LogP contribution >= 0.6 is 0 Å². The zero-order valence-electron chi connectivity index (χ0n) is 9.14. The number of cyclic esters (lactones) is 1. The normalized spacial score (nSPS) is 14.4. The van der Waals surface area contributed by atoms with Crippen LogP contribution in [0.15, 0.2) is 0 Å². The quantitative estimate of drug-likeness (QED) is 0.595. The standard InChI is InChI=1S/C11H13NO5/c13-2-6-7(3-14)10(4-15)12-9-1-11(16)17-5-8(6)9/h13-15H,1-5H2. The Bertz CT molecular complexity index is 458. The summed E-state index contributed by atoms with van der Waals surface area (Å²) in [7, 11) is 0. The molecule has 6 heteroatoms. The summed E-state index contributed by atoms with van der Waals surface area (Å²) in [6.45, 7) is -0.897. The minimum absolute atomic E-state index is 0.0288. The molecule has 0 saturated heterocycles. The van der Waals surface area contributed by atoms with Crippen LogP contribution in [0, 0.1) is 0 Å². The van der Waals surface area contributed by atoms with E-state index >= 15 is 0 Å². The summed E-state index contributed by atoms with van der Waals surface area (Å²) < 4.78 is 4.89. The molecule has 0 saturated carbocycles. The van der Waals surface area contributed by atoms with Gasteiger partial charge >= 0.3 is 5.97 Å². The molecule has 0 unspecified atom stereocenters. The Hall–Kier alpha value is -1.50. The van der Waals surface area contributed by atoms with E-state index in [0.29, 0.717) is 28.1 Å². The molecule has 2 heterocycles. The van der Waals surface area contributed by atoms with Crippen molar-refractivity contribution < 1.29 is 24.9 Å². The third kappa shape index (κ3) is 2.02. The van der Waals surface area contributed by atoms with Gasteiger partial charge in [0.15, 0.2) is 0 Å². The van der Waals surface area contributed by atoms with Crippen molar-refractivity contribution in [1.82, 2.24) is 4.98 Å². The van der Waals surface area contributed by atoms with Crippen molar-refractivity contribution >= 4 is 5.97 Å². The molecule has 0 amide bonds. The molecule has 1 aliphatic heterocycles. The highest BCUT2D eigenvalue weighted by molar-refractivity contribution is 5.74. The molecule has 0 radical (unpaired) electrons. The molecular weight excluding hydrogens is 226 g/mol. The number of fused-ring (bicyclic) bond motifs is 1. The maximum atomic E-state index is 11.1. The summed E-state index contributed by atoms with van der Waals surface area (Å²) in [5.74, 6) is -0.380. The highest BCUT2D eigenvalue weighted by Gasteiger charge is 2.24. The summed E-state index contributed by atoms with van der Waals surface area (Å²) in [4.78, 5) is 15.3. The van der Waals surface area contributed by atoms with Crippen molar-refractivity contribution in [3.63, 3.8) is 0 Å². The molecule has 1 aromatic heterocycles. The van der Waals surface area contributed by atoms with E-state index in [0.717, 1.165) is 0 Å². The second-order valence-electron chi connectivity index (χ2n) is 3.75. The second kappa shape index (κ2) is 4.79. The Balaban J connectivity index is 2.61. The van der Waals surface area contributed by atoms with Crippen LogP contribution in [0.25, 0.3) is 0 Å². The summed E-state index contributed by atoms with van der Waals surface area (Å²) >= 11 is 0. The molecule has 1 aromatic rings. The third-order valence-electron chi connectivity index (χ3n) is 2.85. The summed E-state index contributed by atoms with van der Waals surface area (Å²) in [5.41, 5.74) is 2.34. The van der Waals surface area contributed by atoms with Crippen molar-refractivity contribution in [3.8, 4) is 0 Å². The van der Waals surface area contributed by atoms with Crippen LogP contribution in [-0.2, 0) is 42.4 Å². The van der Waals surface area contributed by atoms with Crippen LogP contribution in [0.5, 0.6) is 0 Å². The van der Waals surface area contributed by atoms with E-state index in [1.807, 2.05) is 0 Å². The summed E-state index contributed by atoms with van der Waals surface area (Å²) in [6.07, 6.45) is 0.0288. The Morgan fingerprint density at radius 2 is 1.82 bits per heavy atom. The van der Waals surface area contributed by atoms with Crippen molar-refractivity contribution in [2.24, 2.45) is 0 Å². The van der Waals surface area contributed by atoms with Crippen LogP contribution in [-0.4, -0.2) is 26.3 Å². The van der Waals surface area contributed by atoms with Crippen LogP contribution in [0.4, 0.5) is 0 Å². The molecule has 0 fully saturated rings. The van der Waals surface area contributed by atoms with Gasteiger partial charge in [-0.05, 0) is 5.56 Å². The number of carbonyl (C=O) groups is 1. The van der Waals surface area contributed by atoms with Crippen molar-refractivity contribution in [3.05, 3.63) is 28.1 Å². The molecule has 3 N–H and O–H groups in total. The lowest BCUT2D eigenvalue weighted by Crippen LogP contribution is -2.22. The topological polar surface area (TPSA) is 99.9 Å². The fourth-order valence-corrected chi connectivity index (χ4v) is 1.99. The average molecular weight is 239 g/mol. The first kappa shape index (κ1) is 12.0. The molecule has 2 rings (SSSR count). The van der Waals surface area contributed by atoms with E-state index in [1.165, 1.54) is 0 Å². The molecule has 0 atom stereocenters. The maximum Gasteiger partial charge on any atom is 0.312 e. The van der Waals surface area contributed by atoms with E-state index < -0.39 is 0 Å². The molecule has 92 valence electrons. The lowest BCUT2D eigenvalue weighted by molar-refractivity contribution is -0.145. The van der Waals surface area contributed by atoms with Gasteiger partial charge in [0, 0.05) is 11.1 Å².